The Kier molecular flexibility index (Phi) is 5.23. The molecule has 2 heterocycles. The molecule has 0 aliphatic carbocycles. The lowest BCUT2D eigenvalue weighted by molar-refractivity contribution is -0.138. The van der Waals surface area contributed by atoms with Crippen molar-refractivity contribution in [1.82, 2.24) is 15.2 Å². The average molecular weight is 308 g/mol. The van der Waals surface area contributed by atoms with Crippen molar-refractivity contribution in [3.05, 3.63) is 29.0 Å². The third-order valence-corrected chi connectivity index (χ3v) is 3.76. The minimum absolute atomic E-state index is 0.00884. The summed E-state index contributed by atoms with van der Waals surface area (Å²) in [6.45, 7) is 2.99. The Morgan fingerprint density at radius 2 is 2.05 bits per heavy atom. The minimum atomic E-state index is -4.15. The third kappa shape index (κ3) is 4.33. The fourth-order valence-electron chi connectivity index (χ4n) is 2.48. The molecule has 0 unspecified atom stereocenters. The van der Waals surface area contributed by atoms with E-state index in [1.807, 2.05) is 4.90 Å². The first kappa shape index (κ1) is 15.5. The normalized spacial score (nSPS) is 19.0. The van der Waals surface area contributed by atoms with Gasteiger partial charge in [0.15, 0.2) is 0 Å². The van der Waals surface area contributed by atoms with Crippen molar-refractivity contribution >= 4 is 11.6 Å². The van der Waals surface area contributed by atoms with Crippen LogP contribution in [0.1, 0.15) is 24.4 Å². The molecule has 1 aromatic heterocycles. The molecular weight excluding hydrogens is 291 g/mol. The molecule has 0 bridgehead atoms. The zero-order chi connectivity index (χ0) is 14.6. The first-order valence-corrected chi connectivity index (χ1v) is 6.97. The largest absolute Gasteiger partial charge is 0.389 e. The van der Waals surface area contributed by atoms with E-state index in [-0.39, 0.29) is 12.5 Å². The van der Waals surface area contributed by atoms with Crippen LogP contribution >= 0.6 is 11.6 Å². The maximum atomic E-state index is 12.5. The molecule has 1 saturated heterocycles. The Morgan fingerprint density at radius 3 is 2.65 bits per heavy atom. The summed E-state index contributed by atoms with van der Waals surface area (Å²) in [4.78, 5) is 6.03. The Labute approximate surface area is 121 Å². The number of pyridine rings is 1. The predicted octanol–water partition coefficient (Wildman–Crippen LogP) is 3.02. The Bertz CT molecular complexity index is 433. The molecule has 1 aliphatic heterocycles. The van der Waals surface area contributed by atoms with Gasteiger partial charge in [-0.15, -0.1) is 0 Å². The number of halogens is 4. The Morgan fingerprint density at radius 1 is 1.35 bits per heavy atom. The van der Waals surface area contributed by atoms with Crippen molar-refractivity contribution in [3.8, 4) is 0 Å². The number of aromatic nitrogens is 1. The van der Waals surface area contributed by atoms with Crippen molar-refractivity contribution in [2.75, 3.05) is 26.2 Å². The zero-order valence-electron chi connectivity index (χ0n) is 11.0. The smallest absolute Gasteiger partial charge is 0.314 e. The van der Waals surface area contributed by atoms with Gasteiger partial charge >= 0.3 is 6.18 Å². The van der Waals surface area contributed by atoms with Crippen LogP contribution in [0, 0.1) is 0 Å². The van der Waals surface area contributed by atoms with Gasteiger partial charge in [0.1, 0.15) is 5.15 Å². The van der Waals surface area contributed by atoms with Gasteiger partial charge in [0.2, 0.25) is 0 Å². The third-order valence-electron chi connectivity index (χ3n) is 3.44. The highest BCUT2D eigenvalue weighted by molar-refractivity contribution is 6.30. The molecule has 0 aromatic carbocycles. The zero-order valence-corrected chi connectivity index (χ0v) is 11.7. The SMILES string of the molecule is FC(F)(F)CC[C@H](c1cccnc1Cl)N1CCNCC1. The molecule has 1 aliphatic rings. The quantitative estimate of drug-likeness (QED) is 0.867. The summed E-state index contributed by atoms with van der Waals surface area (Å²) in [5.41, 5.74) is 0.681. The highest BCUT2D eigenvalue weighted by atomic mass is 35.5. The van der Waals surface area contributed by atoms with Gasteiger partial charge in [-0.3, -0.25) is 4.90 Å². The van der Waals surface area contributed by atoms with Crippen molar-refractivity contribution in [1.29, 1.82) is 0 Å². The van der Waals surface area contributed by atoms with Crippen LogP contribution in [0.3, 0.4) is 0 Å². The van der Waals surface area contributed by atoms with Crippen LogP contribution in [-0.4, -0.2) is 42.2 Å². The van der Waals surface area contributed by atoms with E-state index in [0.717, 1.165) is 13.1 Å². The second-order valence-electron chi connectivity index (χ2n) is 4.84. The summed E-state index contributed by atoms with van der Waals surface area (Å²) in [7, 11) is 0. The predicted molar refractivity (Wildman–Crippen MR) is 71.7 cm³/mol. The molecule has 0 radical (unpaired) electrons. The lowest BCUT2D eigenvalue weighted by atomic mass is 10.0. The fourth-order valence-corrected chi connectivity index (χ4v) is 2.72. The van der Waals surface area contributed by atoms with Crippen LogP contribution in [-0.2, 0) is 0 Å². The van der Waals surface area contributed by atoms with E-state index in [2.05, 4.69) is 10.3 Å². The van der Waals surface area contributed by atoms with Crippen LogP contribution in [0.25, 0.3) is 0 Å². The van der Waals surface area contributed by atoms with Crippen LogP contribution in [0.2, 0.25) is 5.15 Å². The van der Waals surface area contributed by atoms with E-state index in [1.54, 1.807) is 18.3 Å². The number of piperazine rings is 1. The summed E-state index contributed by atoms with van der Waals surface area (Å²) < 4.78 is 37.6. The van der Waals surface area contributed by atoms with Gasteiger partial charge in [0.05, 0.1) is 0 Å². The Hall–Kier alpha value is -0.850. The number of nitrogens with zero attached hydrogens (tertiary/aromatic N) is 2. The summed E-state index contributed by atoms with van der Waals surface area (Å²) in [5, 5.41) is 3.49. The van der Waals surface area contributed by atoms with Gasteiger partial charge in [0, 0.05) is 50.4 Å². The summed E-state index contributed by atoms with van der Waals surface area (Å²) in [5.74, 6) is 0. The van der Waals surface area contributed by atoms with E-state index in [9.17, 15) is 13.2 Å². The van der Waals surface area contributed by atoms with Crippen LogP contribution < -0.4 is 5.32 Å². The first-order chi connectivity index (χ1) is 9.47. The monoisotopic (exact) mass is 307 g/mol. The average Bonchev–Trinajstić information content (AvgIpc) is 2.41. The molecule has 20 heavy (non-hydrogen) atoms. The van der Waals surface area contributed by atoms with Crippen molar-refractivity contribution in [3.63, 3.8) is 0 Å². The lowest BCUT2D eigenvalue weighted by Gasteiger charge is -2.35. The molecular formula is C13H17ClF3N3. The van der Waals surface area contributed by atoms with E-state index >= 15 is 0 Å². The number of rotatable bonds is 4. The lowest BCUT2D eigenvalue weighted by Crippen LogP contribution is -2.45. The van der Waals surface area contributed by atoms with Crippen LogP contribution in [0.5, 0.6) is 0 Å². The van der Waals surface area contributed by atoms with E-state index in [4.69, 9.17) is 11.6 Å². The second kappa shape index (κ2) is 6.74. The molecule has 2 rings (SSSR count). The standard InChI is InChI=1S/C13H17ClF3N3/c14-12-10(2-1-5-19-12)11(3-4-13(15,16)17)20-8-6-18-7-9-20/h1-2,5,11,18H,3-4,6-9H2/t11-/m1/s1. The van der Waals surface area contributed by atoms with E-state index in [0.29, 0.717) is 23.8 Å². The molecule has 3 nitrogen and oxygen atoms in total. The van der Waals surface area contributed by atoms with Gasteiger partial charge in [-0.2, -0.15) is 13.2 Å². The molecule has 112 valence electrons. The Balaban J connectivity index is 2.17. The molecule has 7 heteroatoms. The van der Waals surface area contributed by atoms with Crippen molar-refractivity contribution in [2.45, 2.75) is 25.1 Å². The van der Waals surface area contributed by atoms with Crippen molar-refractivity contribution in [2.24, 2.45) is 0 Å². The molecule has 1 aromatic rings. The minimum Gasteiger partial charge on any atom is -0.314 e. The topological polar surface area (TPSA) is 28.2 Å². The summed E-state index contributed by atoms with van der Waals surface area (Å²) >= 11 is 6.05. The van der Waals surface area contributed by atoms with Crippen LogP contribution in [0.4, 0.5) is 13.2 Å². The van der Waals surface area contributed by atoms with Gasteiger partial charge in [-0.1, -0.05) is 17.7 Å². The van der Waals surface area contributed by atoms with Gasteiger partial charge in [-0.25, -0.2) is 4.98 Å². The summed E-state index contributed by atoms with van der Waals surface area (Å²) in [6.07, 6.45) is -3.41. The number of hydrogen-bond acceptors (Lipinski definition) is 3. The summed E-state index contributed by atoms with van der Waals surface area (Å²) in [6, 6.07) is 3.14. The number of nitrogens with one attached hydrogen (secondary N) is 1. The maximum Gasteiger partial charge on any atom is 0.389 e. The molecule has 0 saturated carbocycles. The number of alkyl halides is 3. The van der Waals surface area contributed by atoms with Gasteiger partial charge in [-0.05, 0) is 12.5 Å². The fraction of sp³-hybridized carbons (Fsp3) is 0.615. The first-order valence-electron chi connectivity index (χ1n) is 6.59. The van der Waals surface area contributed by atoms with Crippen molar-refractivity contribution < 1.29 is 13.2 Å². The molecule has 0 amide bonds. The maximum absolute atomic E-state index is 12.5. The second-order valence-corrected chi connectivity index (χ2v) is 5.20. The molecule has 1 fully saturated rings. The molecule has 1 atom stereocenters. The highest BCUT2D eigenvalue weighted by Gasteiger charge is 2.32. The van der Waals surface area contributed by atoms with Crippen LogP contribution in [0.15, 0.2) is 18.3 Å². The van der Waals surface area contributed by atoms with E-state index in [1.165, 1.54) is 0 Å². The molecule has 0 spiro atoms. The van der Waals surface area contributed by atoms with Gasteiger partial charge < -0.3 is 5.32 Å². The number of hydrogen-bond donors (Lipinski definition) is 1. The van der Waals surface area contributed by atoms with Gasteiger partial charge in [0.25, 0.3) is 0 Å². The van der Waals surface area contributed by atoms with E-state index < -0.39 is 12.6 Å². The molecule has 1 N–H and O–H groups in total. The highest BCUT2D eigenvalue weighted by Crippen LogP contribution is 2.34.